The number of H-pyrrole nitrogens is 1. The molecule has 166 valence electrons. The third kappa shape index (κ3) is 4.74. The maximum absolute atomic E-state index is 12.9. The number of methoxy groups -OCH3 is 3. The second-order valence-electron chi connectivity index (χ2n) is 7.44. The van der Waals surface area contributed by atoms with Crippen LogP contribution >= 0.6 is 0 Å². The van der Waals surface area contributed by atoms with Gasteiger partial charge < -0.3 is 24.0 Å². The van der Waals surface area contributed by atoms with E-state index >= 15 is 0 Å². The molecule has 2 aromatic carbocycles. The molecule has 0 aliphatic carbocycles. The molecule has 1 aromatic heterocycles. The van der Waals surface area contributed by atoms with Crippen LogP contribution in [0.1, 0.15) is 18.1 Å². The molecule has 0 amide bonds. The van der Waals surface area contributed by atoms with Crippen molar-refractivity contribution in [3.8, 4) is 17.2 Å². The molecular weight excluding hydrogens is 396 g/mol. The molecule has 8 heteroatoms. The summed E-state index contributed by atoms with van der Waals surface area (Å²) >= 11 is 0. The van der Waals surface area contributed by atoms with Crippen molar-refractivity contribution in [1.29, 1.82) is 0 Å². The van der Waals surface area contributed by atoms with Crippen LogP contribution in [0, 0.1) is 0 Å². The molecular formula is C23H30N4O4. The SMILES string of the molecule is CCN(C)Cc1cccc(CN(C)c2nc3cc(OC)c(OC)c(OC)c3c(=O)[nH]2)c1. The average Bonchev–Trinajstić information content (AvgIpc) is 2.77. The largest absolute Gasteiger partial charge is 0.493 e. The van der Waals surface area contributed by atoms with Gasteiger partial charge in [0.2, 0.25) is 11.7 Å². The molecule has 8 nitrogen and oxygen atoms in total. The zero-order chi connectivity index (χ0) is 22.5. The summed E-state index contributed by atoms with van der Waals surface area (Å²) in [6.07, 6.45) is 0. The van der Waals surface area contributed by atoms with Gasteiger partial charge in [-0.3, -0.25) is 9.78 Å². The quantitative estimate of drug-likeness (QED) is 0.563. The number of hydrogen-bond donors (Lipinski definition) is 1. The van der Waals surface area contributed by atoms with Gasteiger partial charge in [-0.05, 0) is 24.7 Å². The first-order valence-corrected chi connectivity index (χ1v) is 10.1. The van der Waals surface area contributed by atoms with Gasteiger partial charge in [0.1, 0.15) is 5.39 Å². The van der Waals surface area contributed by atoms with Gasteiger partial charge in [-0.25, -0.2) is 4.98 Å². The maximum atomic E-state index is 12.9. The number of nitrogens with zero attached hydrogens (tertiary/aromatic N) is 3. The van der Waals surface area contributed by atoms with Gasteiger partial charge in [0.05, 0.1) is 26.8 Å². The fourth-order valence-corrected chi connectivity index (χ4v) is 3.54. The fraction of sp³-hybridized carbons (Fsp3) is 0.391. The van der Waals surface area contributed by atoms with Crippen molar-refractivity contribution in [2.24, 2.45) is 0 Å². The van der Waals surface area contributed by atoms with Gasteiger partial charge in [-0.1, -0.05) is 31.2 Å². The molecule has 0 spiro atoms. The van der Waals surface area contributed by atoms with Crippen molar-refractivity contribution < 1.29 is 14.2 Å². The molecule has 0 saturated carbocycles. The summed E-state index contributed by atoms with van der Waals surface area (Å²) < 4.78 is 16.2. The molecule has 0 saturated heterocycles. The van der Waals surface area contributed by atoms with Gasteiger partial charge in [-0.15, -0.1) is 0 Å². The highest BCUT2D eigenvalue weighted by Gasteiger charge is 2.20. The van der Waals surface area contributed by atoms with Crippen LogP contribution in [-0.2, 0) is 13.1 Å². The predicted molar refractivity (Wildman–Crippen MR) is 123 cm³/mol. The third-order valence-corrected chi connectivity index (χ3v) is 5.25. The van der Waals surface area contributed by atoms with E-state index < -0.39 is 0 Å². The summed E-state index contributed by atoms with van der Waals surface area (Å²) in [5, 5.41) is 0.321. The minimum atomic E-state index is -0.303. The van der Waals surface area contributed by atoms with Crippen molar-refractivity contribution in [3.63, 3.8) is 0 Å². The highest BCUT2D eigenvalue weighted by molar-refractivity contribution is 5.90. The minimum Gasteiger partial charge on any atom is -0.493 e. The fourth-order valence-electron chi connectivity index (χ4n) is 3.54. The number of aromatic nitrogens is 2. The molecule has 31 heavy (non-hydrogen) atoms. The predicted octanol–water partition coefficient (Wildman–Crippen LogP) is 3.04. The van der Waals surface area contributed by atoms with E-state index in [-0.39, 0.29) is 5.56 Å². The molecule has 3 aromatic rings. The Morgan fingerprint density at radius 1 is 0.968 bits per heavy atom. The Kier molecular flexibility index (Phi) is 7.02. The van der Waals surface area contributed by atoms with Crippen LogP contribution in [0.5, 0.6) is 17.2 Å². The maximum Gasteiger partial charge on any atom is 0.264 e. The van der Waals surface area contributed by atoms with Crippen molar-refractivity contribution in [3.05, 3.63) is 51.8 Å². The summed E-state index contributed by atoms with van der Waals surface area (Å²) in [6.45, 7) is 4.62. The van der Waals surface area contributed by atoms with Crippen LogP contribution in [0.3, 0.4) is 0 Å². The van der Waals surface area contributed by atoms with Crippen molar-refractivity contribution in [2.75, 3.05) is 46.9 Å². The Balaban J connectivity index is 1.96. The van der Waals surface area contributed by atoms with E-state index in [2.05, 4.69) is 53.1 Å². The standard InChI is InChI=1S/C23H30N4O4/c1-7-26(2)13-15-9-8-10-16(11-15)14-27(3)23-24-17-12-18(29-4)20(30-5)21(31-6)19(17)22(28)25-23/h8-12H,7,13-14H2,1-6H3,(H,24,25,28). The van der Waals surface area contributed by atoms with Crippen LogP contribution in [0.25, 0.3) is 10.9 Å². The number of benzene rings is 2. The lowest BCUT2D eigenvalue weighted by Crippen LogP contribution is -2.23. The molecule has 0 unspecified atom stereocenters. The monoisotopic (exact) mass is 426 g/mol. The summed E-state index contributed by atoms with van der Waals surface area (Å²) in [5.74, 6) is 1.57. The number of aromatic amines is 1. The van der Waals surface area contributed by atoms with Crippen LogP contribution in [0.15, 0.2) is 35.1 Å². The topological polar surface area (TPSA) is 79.9 Å². The smallest absolute Gasteiger partial charge is 0.264 e. The second kappa shape index (κ2) is 9.70. The Morgan fingerprint density at radius 2 is 1.65 bits per heavy atom. The lowest BCUT2D eigenvalue weighted by atomic mass is 10.1. The minimum absolute atomic E-state index is 0.299. The molecule has 0 aliphatic rings. The van der Waals surface area contributed by atoms with E-state index in [1.54, 1.807) is 6.07 Å². The van der Waals surface area contributed by atoms with E-state index in [1.807, 2.05) is 11.9 Å². The highest BCUT2D eigenvalue weighted by Crippen LogP contribution is 2.41. The Bertz CT molecular complexity index is 1110. The van der Waals surface area contributed by atoms with E-state index in [9.17, 15) is 4.79 Å². The first kappa shape index (κ1) is 22.4. The number of hydrogen-bond acceptors (Lipinski definition) is 7. The summed E-state index contributed by atoms with van der Waals surface area (Å²) in [7, 11) is 8.51. The van der Waals surface area contributed by atoms with Crippen LogP contribution in [0.2, 0.25) is 0 Å². The third-order valence-electron chi connectivity index (χ3n) is 5.25. The zero-order valence-corrected chi connectivity index (χ0v) is 19.0. The lowest BCUT2D eigenvalue weighted by Gasteiger charge is -2.20. The Labute approximate surface area is 182 Å². The molecule has 0 atom stereocenters. The van der Waals surface area contributed by atoms with Crippen molar-refractivity contribution in [1.82, 2.24) is 14.9 Å². The van der Waals surface area contributed by atoms with Gasteiger partial charge in [0.25, 0.3) is 5.56 Å². The Hall–Kier alpha value is -3.26. The number of anilines is 1. The molecule has 3 rings (SSSR count). The molecule has 0 radical (unpaired) electrons. The summed E-state index contributed by atoms with van der Waals surface area (Å²) in [4.78, 5) is 24.6. The van der Waals surface area contributed by atoms with Crippen LogP contribution in [0.4, 0.5) is 5.95 Å². The molecule has 0 bridgehead atoms. The number of rotatable bonds is 9. The molecule has 1 N–H and O–H groups in total. The summed E-state index contributed by atoms with van der Waals surface area (Å²) in [5.41, 5.74) is 2.55. The van der Waals surface area contributed by atoms with E-state index in [0.717, 1.165) is 18.7 Å². The Morgan fingerprint density at radius 3 is 2.26 bits per heavy atom. The van der Waals surface area contributed by atoms with Gasteiger partial charge >= 0.3 is 0 Å². The van der Waals surface area contributed by atoms with E-state index in [1.165, 1.54) is 26.9 Å². The van der Waals surface area contributed by atoms with E-state index in [0.29, 0.717) is 40.6 Å². The first-order chi connectivity index (χ1) is 14.9. The van der Waals surface area contributed by atoms with Gasteiger partial charge in [-0.2, -0.15) is 0 Å². The number of ether oxygens (including phenoxy) is 3. The molecule has 0 fully saturated rings. The second-order valence-corrected chi connectivity index (χ2v) is 7.44. The molecule has 0 aliphatic heterocycles. The first-order valence-electron chi connectivity index (χ1n) is 10.1. The van der Waals surface area contributed by atoms with Crippen molar-refractivity contribution >= 4 is 16.9 Å². The normalized spacial score (nSPS) is 11.1. The highest BCUT2D eigenvalue weighted by atomic mass is 16.5. The van der Waals surface area contributed by atoms with Gasteiger partial charge in [0.15, 0.2) is 11.5 Å². The summed E-state index contributed by atoms with van der Waals surface area (Å²) in [6, 6.07) is 10.1. The molecule has 1 heterocycles. The van der Waals surface area contributed by atoms with Crippen molar-refractivity contribution in [2.45, 2.75) is 20.0 Å². The van der Waals surface area contributed by atoms with Gasteiger partial charge in [0, 0.05) is 26.2 Å². The van der Waals surface area contributed by atoms with Crippen LogP contribution in [-0.4, -0.2) is 56.8 Å². The number of fused-ring (bicyclic) bond motifs is 1. The zero-order valence-electron chi connectivity index (χ0n) is 19.0. The lowest BCUT2D eigenvalue weighted by molar-refractivity contribution is 0.327. The average molecular weight is 427 g/mol. The van der Waals surface area contributed by atoms with Crippen LogP contribution < -0.4 is 24.7 Å². The number of nitrogens with one attached hydrogen (secondary N) is 1. The van der Waals surface area contributed by atoms with E-state index in [4.69, 9.17) is 14.2 Å².